The number of hydrogen-bond donors (Lipinski definition) is 8. The molecule has 9 N–H and O–H groups in total. The number of aromatic amines is 4. The van der Waals surface area contributed by atoms with Crippen molar-refractivity contribution in [1.82, 2.24) is 44.3 Å². The Morgan fingerprint density at radius 2 is 0.782 bits per heavy atom. The summed E-state index contributed by atoms with van der Waals surface area (Å²) in [6.07, 6.45) is 10.8. The number of nitrogens with one attached hydrogen (secondary N) is 6. The van der Waals surface area contributed by atoms with Crippen molar-refractivity contribution in [3.05, 3.63) is 414 Å². The Morgan fingerprint density at radius 1 is 0.436 bits per heavy atom. The first-order chi connectivity index (χ1) is 52.2. The fourth-order valence-electron chi connectivity index (χ4n) is 10.6. The third-order valence-electron chi connectivity index (χ3n) is 16.0. The highest BCUT2D eigenvalue weighted by Crippen LogP contribution is 2.22. The number of H-pyrrole nitrogens is 4. The lowest BCUT2D eigenvalue weighted by Gasteiger charge is -2.16. The molecule has 30 heteroatoms. The van der Waals surface area contributed by atoms with E-state index < -0.39 is 104 Å². The molecule has 0 aliphatic rings. The van der Waals surface area contributed by atoms with Crippen LogP contribution in [0.1, 0.15) is 88.1 Å². The van der Waals surface area contributed by atoms with Crippen LogP contribution in [-0.4, -0.2) is 56.5 Å². The molecule has 0 aliphatic heterocycles. The predicted octanol–water partition coefficient (Wildman–Crippen LogP) is 14.4. The van der Waals surface area contributed by atoms with E-state index in [2.05, 4.69) is 66.3 Å². The summed E-state index contributed by atoms with van der Waals surface area (Å²) in [4.78, 5) is 107. The summed E-state index contributed by atoms with van der Waals surface area (Å²) in [5.74, 6) is -15.6. The second-order valence-corrected chi connectivity index (χ2v) is 24.9. The highest BCUT2D eigenvalue weighted by molar-refractivity contribution is 14.1. The number of rotatable bonds is 18. The van der Waals surface area contributed by atoms with Crippen molar-refractivity contribution in [2.45, 2.75) is 37.8 Å². The van der Waals surface area contributed by atoms with E-state index in [9.17, 15) is 77.9 Å². The standard InChI is InChI=1S/C29H21F3N4O3.C22H17F3N2O2.C13H8F3NO3.C9H11N.C7H5IN2O.ClH/c30-21-13-18(14-22(31)26(21)32)16-36-12-4-7-20(28(36)38)27(37)33-23(19-5-2-1-3-6-19)10-8-17-9-11-24-25(15-17)35-29(39)34-24;1-2-19(15-7-4-3-5-8-15)26-21(28)16-9-6-10-27(22(16)29)13-14-11-17(23)20(25)18(24)12-14;14-9-4-7(5-10(15)11(9)16)6-17-3-1-2-8(12(17)18)13(19)20;1-2-9(10)8-6-4-3-5-7-8;8-4-1-2-5-6(3-4)10-7(11)9-5;/h1-15,23H,16H2,(H,33,37)(H2,34,35,39);2-12,19H,1,13H2,(H,26,28);1-5H,6H2,(H,19,20);2-7,9H,1,10H2;1-3H,(H2,9,10,11);1H/b10-8+;;;;;/t23-;19-;;9-;;/m00.0../s1. The largest absolute Gasteiger partial charge is 0.477 e. The number of carboxylic acids is 1. The van der Waals surface area contributed by atoms with Crippen molar-refractivity contribution in [1.29, 1.82) is 0 Å². The number of halogens is 11. The maximum Gasteiger partial charge on any atom is 0.341 e. The maximum absolute atomic E-state index is 13.6. The molecule has 2 amide bonds. The molecule has 8 aromatic carbocycles. The zero-order valence-corrected chi connectivity index (χ0v) is 60.2. The molecular formula is C80H63ClF9IN10O9. The van der Waals surface area contributed by atoms with Crippen LogP contribution in [0.5, 0.6) is 0 Å². The van der Waals surface area contributed by atoms with E-state index in [1.807, 2.05) is 115 Å². The minimum absolute atomic E-state index is 0. The number of amides is 2. The number of carbonyl (C=O) groups excluding carboxylic acids is 2. The lowest BCUT2D eigenvalue weighted by atomic mass is 10.0. The Morgan fingerprint density at radius 3 is 1.17 bits per heavy atom. The predicted molar refractivity (Wildman–Crippen MR) is 409 cm³/mol. The summed E-state index contributed by atoms with van der Waals surface area (Å²) in [6.45, 7) is 6.56. The van der Waals surface area contributed by atoms with Crippen molar-refractivity contribution in [3.63, 3.8) is 0 Å². The van der Waals surface area contributed by atoms with Gasteiger partial charge in [-0.05, 0) is 165 Å². The summed E-state index contributed by atoms with van der Waals surface area (Å²) in [5.41, 5.74) is 8.81. The molecule has 0 saturated heterocycles. The summed E-state index contributed by atoms with van der Waals surface area (Å²) in [7, 11) is 0. The number of fused-ring (bicyclic) bond motifs is 2. The number of carbonyl (C=O) groups is 3. The van der Waals surface area contributed by atoms with Crippen LogP contribution in [0.3, 0.4) is 0 Å². The van der Waals surface area contributed by atoms with Crippen molar-refractivity contribution >= 4 is 80.9 Å². The van der Waals surface area contributed by atoms with Crippen molar-refractivity contribution in [2.75, 3.05) is 0 Å². The Kier molecular flexibility index (Phi) is 29.0. The average Bonchev–Trinajstić information content (AvgIpc) is 1.06. The van der Waals surface area contributed by atoms with E-state index in [0.29, 0.717) is 11.0 Å². The summed E-state index contributed by atoms with van der Waals surface area (Å²) < 4.78 is 124. The molecule has 0 aliphatic carbocycles. The molecule has 0 spiro atoms. The second-order valence-electron chi connectivity index (χ2n) is 23.6. The van der Waals surface area contributed by atoms with Gasteiger partial charge >= 0.3 is 17.3 Å². The van der Waals surface area contributed by atoms with Gasteiger partial charge in [0, 0.05) is 28.2 Å². The molecule has 13 aromatic rings. The number of benzene rings is 8. The zero-order chi connectivity index (χ0) is 78.6. The second kappa shape index (κ2) is 38.6. The van der Waals surface area contributed by atoms with Crippen LogP contribution in [0.2, 0.25) is 0 Å². The molecule has 0 unspecified atom stereocenters. The van der Waals surface area contributed by atoms with E-state index in [1.165, 1.54) is 48.9 Å². The quantitative estimate of drug-likeness (QED) is 0.0174. The van der Waals surface area contributed by atoms with Gasteiger partial charge in [-0.3, -0.25) is 24.0 Å². The molecule has 5 heterocycles. The number of aromatic carboxylic acids is 1. The van der Waals surface area contributed by atoms with E-state index in [1.54, 1.807) is 36.4 Å². The minimum Gasteiger partial charge on any atom is -0.477 e. The number of pyridine rings is 3. The van der Waals surface area contributed by atoms with Crippen LogP contribution in [-0.2, 0) is 19.6 Å². The number of aromatic nitrogens is 7. The van der Waals surface area contributed by atoms with Gasteiger partial charge in [0.2, 0.25) is 0 Å². The first-order valence-electron chi connectivity index (χ1n) is 32.5. The Labute approximate surface area is 637 Å². The lowest BCUT2D eigenvalue weighted by Crippen LogP contribution is -2.34. The lowest BCUT2D eigenvalue weighted by molar-refractivity contribution is 0.0693. The van der Waals surface area contributed by atoms with Gasteiger partial charge in [0.1, 0.15) is 16.7 Å². The van der Waals surface area contributed by atoms with E-state index >= 15 is 0 Å². The Hall–Kier alpha value is -12.9. The van der Waals surface area contributed by atoms with Crippen molar-refractivity contribution < 1.29 is 59.0 Å². The van der Waals surface area contributed by atoms with Crippen LogP contribution in [0.25, 0.3) is 28.1 Å². The van der Waals surface area contributed by atoms with Crippen LogP contribution in [0.15, 0.2) is 274 Å². The SMILES string of the molecule is C=C[C@H](N)c1ccccc1.C=C[C@H](NC(=O)c1cccn(Cc2cc(F)c(F)c(F)c2)c1=O)c1ccccc1.Cl.O=C(N[C@@H](/C=C/c1ccc2[nH]c(=O)[nH]c2c1)c1ccccc1)c1cccn(Cc2cc(F)c(F)c(F)c2)c1=O.O=C(O)c1cccn(Cc2cc(F)c(F)c(F)c2)c1=O.O=c1[nH]c2ccc(I)cc2[nH]1. The smallest absolute Gasteiger partial charge is 0.341 e. The highest BCUT2D eigenvalue weighted by Gasteiger charge is 2.21. The van der Waals surface area contributed by atoms with Gasteiger partial charge in [0.25, 0.3) is 28.5 Å². The van der Waals surface area contributed by atoms with Crippen molar-refractivity contribution in [2.24, 2.45) is 5.73 Å². The van der Waals surface area contributed by atoms with Crippen LogP contribution < -0.4 is 44.4 Å². The van der Waals surface area contributed by atoms with Gasteiger partial charge in [-0.1, -0.05) is 121 Å². The van der Waals surface area contributed by atoms with Crippen LogP contribution >= 0.6 is 35.0 Å². The van der Waals surface area contributed by atoms with Gasteiger partial charge in [0.05, 0.1) is 53.8 Å². The van der Waals surface area contributed by atoms with E-state index in [-0.39, 0.29) is 77.3 Å². The third-order valence-corrected chi connectivity index (χ3v) is 16.7. The summed E-state index contributed by atoms with van der Waals surface area (Å²) in [6, 6.07) is 50.8. The average molecular weight is 1640 g/mol. The summed E-state index contributed by atoms with van der Waals surface area (Å²) in [5, 5.41) is 14.4. The maximum atomic E-state index is 13.6. The Bertz CT molecular complexity index is 5770. The third kappa shape index (κ3) is 21.9. The molecule has 13 rings (SSSR count). The molecule has 110 heavy (non-hydrogen) atoms. The first-order valence-corrected chi connectivity index (χ1v) is 33.5. The van der Waals surface area contributed by atoms with Gasteiger partial charge in [-0.15, -0.1) is 25.6 Å². The molecule has 0 bridgehead atoms. The number of nitrogens with two attached hydrogens (primary N) is 1. The number of nitrogens with zero attached hydrogens (tertiary/aromatic N) is 3. The normalized spacial score (nSPS) is 11.5. The van der Waals surface area contributed by atoms with Gasteiger partial charge < -0.3 is 55.1 Å². The molecule has 5 aromatic heterocycles. The zero-order valence-electron chi connectivity index (χ0n) is 57.2. The molecule has 3 atom stereocenters. The van der Waals surface area contributed by atoms with Crippen LogP contribution in [0, 0.1) is 55.9 Å². The minimum atomic E-state index is -1.60. The monoisotopic (exact) mass is 1640 g/mol. The topological polar surface area (TPSA) is 285 Å². The number of imidazole rings is 2. The van der Waals surface area contributed by atoms with E-state index in [0.717, 1.165) is 93.0 Å². The van der Waals surface area contributed by atoms with Crippen molar-refractivity contribution in [3.8, 4) is 0 Å². The van der Waals surface area contributed by atoms with Gasteiger partial charge in [-0.2, -0.15) is 0 Å². The molecule has 0 fully saturated rings. The van der Waals surface area contributed by atoms with Gasteiger partial charge in [-0.25, -0.2) is 53.9 Å². The summed E-state index contributed by atoms with van der Waals surface area (Å²) >= 11 is 2.20. The molecule has 19 nitrogen and oxygen atoms in total. The molecule has 564 valence electrons. The number of carboxylic acid groups (broad SMARTS) is 1. The number of hydrogen-bond acceptors (Lipinski definition) is 9. The van der Waals surface area contributed by atoms with E-state index in [4.69, 9.17) is 10.8 Å². The molecular weight excluding hydrogens is 1580 g/mol. The highest BCUT2D eigenvalue weighted by atomic mass is 127. The molecule has 0 radical (unpaired) electrons. The Balaban J connectivity index is 0.000000188. The van der Waals surface area contributed by atoms with Crippen LogP contribution in [0.4, 0.5) is 39.5 Å². The fraction of sp³-hybridized carbons (Fsp3) is 0.0750. The molecule has 0 saturated carbocycles. The first kappa shape index (κ1) is 82.8. The fourth-order valence-corrected chi connectivity index (χ4v) is 11.1. The van der Waals surface area contributed by atoms with Gasteiger partial charge in [0.15, 0.2) is 52.4 Å².